The minimum absolute atomic E-state index is 0.0610. The molecule has 0 aliphatic rings. The van der Waals surface area contributed by atoms with E-state index in [1.54, 1.807) is 13.8 Å². The largest absolute Gasteiger partial charge is 0.419 e. The van der Waals surface area contributed by atoms with Crippen molar-refractivity contribution in [3.63, 3.8) is 0 Å². The van der Waals surface area contributed by atoms with Crippen molar-refractivity contribution in [3.8, 4) is 11.3 Å². The van der Waals surface area contributed by atoms with Crippen LogP contribution in [0.25, 0.3) is 27.8 Å². The Bertz CT molecular complexity index is 1310. The minimum Gasteiger partial charge on any atom is -0.379 e. The molecule has 3 heterocycles. The maximum atomic E-state index is 15.2. The van der Waals surface area contributed by atoms with E-state index in [9.17, 15) is 18.0 Å². The summed E-state index contributed by atoms with van der Waals surface area (Å²) in [6.45, 7) is 4.67. The van der Waals surface area contributed by atoms with Crippen molar-refractivity contribution in [3.05, 3.63) is 36.2 Å². The number of alkyl halides is 3. The summed E-state index contributed by atoms with van der Waals surface area (Å²) in [6, 6.07) is -0.319. The number of hydrogen-bond donors (Lipinski definition) is 3. The number of amides is 1. The van der Waals surface area contributed by atoms with E-state index in [1.807, 2.05) is 0 Å². The molecule has 3 N–H and O–H groups in total. The number of H-pyrrole nitrogens is 1. The molecule has 12 heteroatoms. The average Bonchev–Trinajstić information content (AvgIpc) is 3.27. The molecule has 0 saturated carbocycles. The number of aromatic nitrogens is 5. The maximum absolute atomic E-state index is 15.2. The van der Waals surface area contributed by atoms with Crippen molar-refractivity contribution >= 4 is 34.0 Å². The number of imidazole rings is 1. The molecular weight excluding hydrogens is 418 g/mol. The Balaban J connectivity index is 2.01. The summed E-state index contributed by atoms with van der Waals surface area (Å²) < 4.78 is 58.7. The molecule has 0 atom stereocenters. The lowest BCUT2D eigenvalue weighted by Crippen LogP contribution is -2.17. The van der Waals surface area contributed by atoms with Gasteiger partial charge in [0.1, 0.15) is 5.56 Å². The van der Waals surface area contributed by atoms with Crippen LogP contribution in [0.3, 0.4) is 0 Å². The van der Waals surface area contributed by atoms with E-state index in [4.69, 9.17) is 0 Å². The Morgan fingerprint density at radius 2 is 1.97 bits per heavy atom. The average molecular weight is 435 g/mol. The Hall–Kier alpha value is -3.70. The number of nitrogens with zero attached hydrogens (tertiary/aromatic N) is 4. The molecule has 0 saturated heterocycles. The number of halogens is 4. The zero-order chi connectivity index (χ0) is 22.5. The van der Waals surface area contributed by atoms with Crippen LogP contribution in [0.1, 0.15) is 26.3 Å². The maximum Gasteiger partial charge on any atom is 0.419 e. The molecule has 0 bridgehead atoms. The second kappa shape index (κ2) is 7.22. The first kappa shape index (κ1) is 20.6. The van der Waals surface area contributed by atoms with Crippen LogP contribution in [-0.4, -0.2) is 36.5 Å². The molecule has 3 aromatic heterocycles. The van der Waals surface area contributed by atoms with Crippen LogP contribution in [0.2, 0.25) is 0 Å². The standard InChI is InChI=1S/C19H17F4N7O/c1-8(2)26-18-16(20)15(19(21,22)23)14(10-4-25-29-17(10)18)11-6-30-7-12(27-9(3)31)28-13(30)5-24-11/h4-8,26H,1-3H3,(H,25,29)(H,27,31). The highest BCUT2D eigenvalue weighted by Crippen LogP contribution is 2.45. The third-order valence-corrected chi connectivity index (χ3v) is 4.47. The van der Waals surface area contributed by atoms with E-state index in [-0.39, 0.29) is 40.1 Å². The van der Waals surface area contributed by atoms with E-state index in [0.29, 0.717) is 5.65 Å². The van der Waals surface area contributed by atoms with Crippen LogP contribution in [-0.2, 0) is 11.0 Å². The van der Waals surface area contributed by atoms with Gasteiger partial charge in [0, 0.05) is 30.1 Å². The summed E-state index contributed by atoms with van der Waals surface area (Å²) in [5.74, 6) is -1.59. The number of rotatable bonds is 4. The molecule has 0 fully saturated rings. The number of carbonyl (C=O) groups excluding carboxylic acids is 1. The van der Waals surface area contributed by atoms with E-state index in [0.717, 1.165) is 0 Å². The third-order valence-electron chi connectivity index (χ3n) is 4.47. The third kappa shape index (κ3) is 3.64. The molecule has 1 aromatic carbocycles. The number of nitrogens with one attached hydrogen (secondary N) is 3. The van der Waals surface area contributed by atoms with Gasteiger partial charge in [0.2, 0.25) is 5.91 Å². The fourth-order valence-electron chi connectivity index (χ4n) is 3.37. The summed E-state index contributed by atoms with van der Waals surface area (Å²) in [5.41, 5.74) is -1.94. The zero-order valence-corrected chi connectivity index (χ0v) is 16.6. The van der Waals surface area contributed by atoms with Crippen LogP contribution in [0.4, 0.5) is 29.1 Å². The lowest BCUT2D eigenvalue weighted by atomic mass is 9.97. The molecule has 0 aliphatic carbocycles. The second-order valence-corrected chi connectivity index (χ2v) is 7.24. The Kier molecular flexibility index (Phi) is 4.79. The zero-order valence-electron chi connectivity index (χ0n) is 16.6. The molecule has 162 valence electrons. The van der Waals surface area contributed by atoms with Crippen LogP contribution >= 0.6 is 0 Å². The van der Waals surface area contributed by atoms with Crippen molar-refractivity contribution in [2.45, 2.75) is 33.0 Å². The molecule has 31 heavy (non-hydrogen) atoms. The van der Waals surface area contributed by atoms with Gasteiger partial charge >= 0.3 is 6.18 Å². The summed E-state index contributed by atoms with van der Waals surface area (Å²) in [7, 11) is 0. The fourth-order valence-corrected chi connectivity index (χ4v) is 3.37. The van der Waals surface area contributed by atoms with E-state index in [1.165, 1.54) is 36.1 Å². The van der Waals surface area contributed by atoms with Gasteiger partial charge < -0.3 is 15.0 Å². The molecule has 0 radical (unpaired) electrons. The topological polar surface area (TPSA) is 100 Å². The molecule has 0 aliphatic heterocycles. The number of aromatic amines is 1. The monoisotopic (exact) mass is 435 g/mol. The summed E-state index contributed by atoms with van der Waals surface area (Å²) >= 11 is 0. The first-order valence-electron chi connectivity index (χ1n) is 9.21. The van der Waals surface area contributed by atoms with E-state index < -0.39 is 23.1 Å². The highest BCUT2D eigenvalue weighted by Gasteiger charge is 2.41. The quantitative estimate of drug-likeness (QED) is 0.417. The predicted molar refractivity (Wildman–Crippen MR) is 106 cm³/mol. The highest BCUT2D eigenvalue weighted by atomic mass is 19.4. The number of anilines is 2. The van der Waals surface area contributed by atoms with Gasteiger partial charge in [0.05, 0.1) is 35.5 Å². The summed E-state index contributed by atoms with van der Waals surface area (Å²) in [5, 5.41) is 11.7. The summed E-state index contributed by atoms with van der Waals surface area (Å²) in [6.07, 6.45) is 0.163. The van der Waals surface area contributed by atoms with Crippen molar-refractivity contribution in [1.82, 2.24) is 24.6 Å². The SMILES string of the molecule is CC(=O)Nc1cn2cc(-c3c(C(F)(F)F)c(F)c(NC(C)C)c4[nH]ncc34)ncc2n1. The van der Waals surface area contributed by atoms with E-state index in [2.05, 4.69) is 30.8 Å². The van der Waals surface area contributed by atoms with Crippen LogP contribution in [0.15, 0.2) is 24.8 Å². The number of hydrogen-bond acceptors (Lipinski definition) is 5. The number of benzene rings is 1. The summed E-state index contributed by atoms with van der Waals surface area (Å²) in [4.78, 5) is 19.4. The van der Waals surface area contributed by atoms with Gasteiger partial charge in [-0.15, -0.1) is 0 Å². The van der Waals surface area contributed by atoms with Crippen molar-refractivity contribution < 1.29 is 22.4 Å². The molecule has 0 spiro atoms. The lowest BCUT2D eigenvalue weighted by Gasteiger charge is -2.20. The molecule has 4 aromatic rings. The van der Waals surface area contributed by atoms with Crippen molar-refractivity contribution in [2.75, 3.05) is 10.6 Å². The van der Waals surface area contributed by atoms with Crippen molar-refractivity contribution in [2.24, 2.45) is 0 Å². The molecule has 0 unspecified atom stereocenters. The first-order chi connectivity index (χ1) is 14.6. The predicted octanol–water partition coefficient (Wildman–Crippen LogP) is 4.21. The van der Waals surface area contributed by atoms with Crippen LogP contribution < -0.4 is 10.6 Å². The van der Waals surface area contributed by atoms with Crippen LogP contribution in [0.5, 0.6) is 0 Å². The molecular formula is C19H17F4N7O. The normalized spacial score (nSPS) is 12.1. The number of fused-ring (bicyclic) bond motifs is 2. The van der Waals surface area contributed by atoms with Gasteiger partial charge in [-0.2, -0.15) is 18.3 Å². The van der Waals surface area contributed by atoms with Gasteiger partial charge in [0.25, 0.3) is 0 Å². The Morgan fingerprint density at radius 3 is 2.61 bits per heavy atom. The highest BCUT2D eigenvalue weighted by molar-refractivity contribution is 6.02. The van der Waals surface area contributed by atoms with E-state index >= 15 is 4.39 Å². The molecule has 4 rings (SSSR count). The van der Waals surface area contributed by atoms with Crippen molar-refractivity contribution in [1.29, 1.82) is 0 Å². The van der Waals surface area contributed by atoms with Gasteiger partial charge in [-0.3, -0.25) is 14.9 Å². The second-order valence-electron chi connectivity index (χ2n) is 7.24. The van der Waals surface area contributed by atoms with Gasteiger partial charge in [-0.1, -0.05) is 0 Å². The smallest absolute Gasteiger partial charge is 0.379 e. The first-order valence-corrected chi connectivity index (χ1v) is 9.21. The van der Waals surface area contributed by atoms with Gasteiger partial charge in [-0.05, 0) is 13.8 Å². The minimum atomic E-state index is -4.99. The fraction of sp³-hybridized carbons (Fsp3) is 0.263. The Morgan fingerprint density at radius 1 is 1.23 bits per heavy atom. The molecule has 8 nitrogen and oxygen atoms in total. The lowest BCUT2D eigenvalue weighted by molar-refractivity contribution is -0.139. The van der Waals surface area contributed by atoms with Gasteiger partial charge in [0.15, 0.2) is 17.3 Å². The Labute approximate surface area is 172 Å². The van der Waals surface area contributed by atoms with Crippen LogP contribution in [0, 0.1) is 5.82 Å². The number of carbonyl (C=O) groups is 1. The molecule has 1 amide bonds. The van der Waals surface area contributed by atoms with Gasteiger partial charge in [-0.25, -0.2) is 9.37 Å².